The van der Waals surface area contributed by atoms with E-state index in [-0.39, 0.29) is 17.7 Å². The van der Waals surface area contributed by atoms with Crippen molar-refractivity contribution in [1.29, 1.82) is 0 Å². The predicted molar refractivity (Wildman–Crippen MR) is 71.7 cm³/mol. The summed E-state index contributed by atoms with van der Waals surface area (Å²) >= 11 is 0. The second-order valence-corrected chi connectivity index (χ2v) is 4.85. The summed E-state index contributed by atoms with van der Waals surface area (Å²) in [4.78, 5) is 12.2. The number of carbonyl (C=O) groups excluding carboxylic acids is 1. The molecule has 0 bridgehead atoms. The summed E-state index contributed by atoms with van der Waals surface area (Å²) < 4.78 is 5.37. The molecule has 0 radical (unpaired) electrons. The molecular weight excluding hydrogens is 226 g/mol. The molecule has 1 aliphatic heterocycles. The Morgan fingerprint density at radius 3 is 2.56 bits per heavy atom. The zero-order valence-electron chi connectivity index (χ0n) is 11.1. The molecule has 3 heteroatoms. The van der Waals surface area contributed by atoms with Crippen LogP contribution in [0.2, 0.25) is 0 Å². The van der Waals surface area contributed by atoms with Gasteiger partial charge in [-0.15, -0.1) is 0 Å². The molecule has 0 amide bonds. The molecule has 3 nitrogen and oxygen atoms in total. The van der Waals surface area contributed by atoms with E-state index in [9.17, 15) is 4.79 Å². The van der Waals surface area contributed by atoms with Gasteiger partial charge >= 0.3 is 0 Å². The van der Waals surface area contributed by atoms with Gasteiger partial charge in [0.15, 0.2) is 0 Å². The van der Waals surface area contributed by atoms with Crippen LogP contribution in [0.15, 0.2) is 24.3 Å². The van der Waals surface area contributed by atoms with Gasteiger partial charge in [-0.1, -0.05) is 31.2 Å². The Kier molecular flexibility index (Phi) is 4.50. The minimum absolute atomic E-state index is 0.000789. The van der Waals surface area contributed by atoms with Gasteiger partial charge in [-0.05, 0) is 24.6 Å². The van der Waals surface area contributed by atoms with Crippen LogP contribution in [0.4, 0.5) is 0 Å². The molecule has 18 heavy (non-hydrogen) atoms. The number of ketones is 1. The van der Waals surface area contributed by atoms with Gasteiger partial charge in [0.2, 0.25) is 0 Å². The SMILES string of the molecule is CCc1ccc(CC(=O)C2COCC2NC)cc1. The third-order valence-electron chi connectivity index (χ3n) is 3.67. The third kappa shape index (κ3) is 2.98. The second kappa shape index (κ2) is 6.12. The molecule has 0 aliphatic carbocycles. The van der Waals surface area contributed by atoms with Gasteiger partial charge in [-0.2, -0.15) is 0 Å². The van der Waals surface area contributed by atoms with Crippen molar-refractivity contribution >= 4 is 5.78 Å². The topological polar surface area (TPSA) is 38.3 Å². The fourth-order valence-corrected chi connectivity index (χ4v) is 2.38. The molecule has 1 heterocycles. The Labute approximate surface area is 109 Å². The van der Waals surface area contributed by atoms with Gasteiger partial charge in [-0.3, -0.25) is 4.79 Å². The van der Waals surface area contributed by atoms with Gasteiger partial charge in [0, 0.05) is 12.5 Å². The van der Waals surface area contributed by atoms with Crippen molar-refractivity contribution < 1.29 is 9.53 Å². The smallest absolute Gasteiger partial charge is 0.144 e. The van der Waals surface area contributed by atoms with Crippen molar-refractivity contribution in [3.8, 4) is 0 Å². The number of aryl methyl sites for hydroxylation is 1. The summed E-state index contributed by atoms with van der Waals surface area (Å²) in [6.45, 7) is 3.33. The molecule has 1 aromatic carbocycles. The number of rotatable bonds is 5. The first kappa shape index (κ1) is 13.2. The van der Waals surface area contributed by atoms with Crippen LogP contribution in [-0.4, -0.2) is 32.1 Å². The van der Waals surface area contributed by atoms with Gasteiger partial charge in [0.05, 0.1) is 19.1 Å². The predicted octanol–water partition coefficient (Wildman–Crippen LogP) is 1.59. The lowest BCUT2D eigenvalue weighted by atomic mass is 9.93. The first-order valence-corrected chi connectivity index (χ1v) is 6.60. The third-order valence-corrected chi connectivity index (χ3v) is 3.67. The number of Topliss-reactive ketones (excluding diaryl/α,β-unsaturated/α-hetero) is 1. The summed E-state index contributed by atoms with van der Waals surface area (Å²) in [5.41, 5.74) is 2.41. The molecule has 0 spiro atoms. The van der Waals surface area contributed by atoms with Crippen molar-refractivity contribution in [2.45, 2.75) is 25.8 Å². The highest BCUT2D eigenvalue weighted by molar-refractivity contribution is 5.84. The highest BCUT2D eigenvalue weighted by Gasteiger charge is 2.32. The van der Waals surface area contributed by atoms with Crippen LogP contribution in [0, 0.1) is 5.92 Å². The van der Waals surface area contributed by atoms with E-state index in [0.29, 0.717) is 19.6 Å². The van der Waals surface area contributed by atoms with E-state index in [1.54, 1.807) is 0 Å². The Hall–Kier alpha value is -1.19. The van der Waals surface area contributed by atoms with Gasteiger partial charge < -0.3 is 10.1 Å². The fourth-order valence-electron chi connectivity index (χ4n) is 2.38. The first-order valence-electron chi connectivity index (χ1n) is 6.60. The largest absolute Gasteiger partial charge is 0.379 e. The Bertz CT molecular complexity index is 399. The van der Waals surface area contributed by atoms with E-state index >= 15 is 0 Å². The zero-order chi connectivity index (χ0) is 13.0. The molecule has 1 aromatic rings. The van der Waals surface area contributed by atoms with Crippen LogP contribution in [0.25, 0.3) is 0 Å². The van der Waals surface area contributed by atoms with E-state index in [2.05, 4.69) is 36.5 Å². The second-order valence-electron chi connectivity index (χ2n) is 4.85. The Morgan fingerprint density at radius 2 is 1.94 bits per heavy atom. The van der Waals surface area contributed by atoms with Crippen molar-refractivity contribution in [1.82, 2.24) is 5.32 Å². The van der Waals surface area contributed by atoms with Gasteiger partial charge in [0.1, 0.15) is 5.78 Å². The first-order chi connectivity index (χ1) is 8.74. The Balaban J connectivity index is 1.97. The van der Waals surface area contributed by atoms with Crippen LogP contribution in [0.5, 0.6) is 0 Å². The molecule has 0 saturated carbocycles. The van der Waals surface area contributed by atoms with E-state index in [1.165, 1.54) is 5.56 Å². The molecular formula is C15H21NO2. The average molecular weight is 247 g/mol. The quantitative estimate of drug-likeness (QED) is 0.859. The average Bonchev–Trinajstić information content (AvgIpc) is 2.88. The van der Waals surface area contributed by atoms with E-state index in [0.717, 1.165) is 12.0 Å². The Morgan fingerprint density at radius 1 is 1.28 bits per heavy atom. The van der Waals surface area contributed by atoms with E-state index in [1.807, 2.05) is 7.05 Å². The lowest BCUT2D eigenvalue weighted by Gasteiger charge is -2.15. The minimum atomic E-state index is 0.000789. The molecule has 1 aliphatic rings. The number of hydrogen-bond acceptors (Lipinski definition) is 3. The van der Waals surface area contributed by atoms with Gasteiger partial charge in [-0.25, -0.2) is 0 Å². The van der Waals surface area contributed by atoms with Crippen molar-refractivity contribution in [3.05, 3.63) is 35.4 Å². The number of likely N-dealkylation sites (N-methyl/N-ethyl adjacent to an activating group) is 1. The van der Waals surface area contributed by atoms with E-state index in [4.69, 9.17) is 4.74 Å². The monoisotopic (exact) mass is 247 g/mol. The summed E-state index contributed by atoms with van der Waals surface area (Å²) in [5.74, 6) is 0.275. The maximum absolute atomic E-state index is 12.2. The molecule has 1 N–H and O–H groups in total. The molecule has 98 valence electrons. The fraction of sp³-hybridized carbons (Fsp3) is 0.533. The maximum Gasteiger partial charge on any atom is 0.144 e. The number of carbonyl (C=O) groups is 1. The normalized spacial score (nSPS) is 23.2. The molecule has 1 saturated heterocycles. The zero-order valence-corrected chi connectivity index (χ0v) is 11.1. The summed E-state index contributed by atoms with van der Waals surface area (Å²) in [7, 11) is 1.88. The van der Waals surface area contributed by atoms with Crippen molar-refractivity contribution in [3.63, 3.8) is 0 Å². The molecule has 1 fully saturated rings. The number of hydrogen-bond donors (Lipinski definition) is 1. The van der Waals surface area contributed by atoms with Crippen molar-refractivity contribution in [2.24, 2.45) is 5.92 Å². The number of nitrogens with one attached hydrogen (secondary N) is 1. The summed E-state index contributed by atoms with van der Waals surface area (Å²) in [5, 5.41) is 3.15. The maximum atomic E-state index is 12.2. The molecule has 2 atom stereocenters. The highest BCUT2D eigenvalue weighted by atomic mass is 16.5. The lowest BCUT2D eigenvalue weighted by molar-refractivity contribution is -0.122. The van der Waals surface area contributed by atoms with Crippen LogP contribution >= 0.6 is 0 Å². The lowest BCUT2D eigenvalue weighted by Crippen LogP contribution is -2.37. The van der Waals surface area contributed by atoms with Gasteiger partial charge in [0.25, 0.3) is 0 Å². The van der Waals surface area contributed by atoms with Crippen LogP contribution in [0.3, 0.4) is 0 Å². The number of benzene rings is 1. The molecule has 0 aromatic heterocycles. The molecule has 2 rings (SSSR count). The van der Waals surface area contributed by atoms with Crippen molar-refractivity contribution in [2.75, 3.05) is 20.3 Å². The molecule has 2 unspecified atom stereocenters. The number of ether oxygens (including phenoxy) is 1. The van der Waals surface area contributed by atoms with E-state index < -0.39 is 0 Å². The van der Waals surface area contributed by atoms with Crippen LogP contribution < -0.4 is 5.32 Å². The standard InChI is InChI=1S/C15H21NO2/c1-3-11-4-6-12(7-5-11)8-15(17)13-9-18-10-14(13)16-2/h4-7,13-14,16H,3,8-10H2,1-2H3. The minimum Gasteiger partial charge on any atom is -0.379 e. The summed E-state index contributed by atoms with van der Waals surface area (Å²) in [6.07, 6.45) is 1.54. The highest BCUT2D eigenvalue weighted by Crippen LogP contribution is 2.17. The van der Waals surface area contributed by atoms with Crippen LogP contribution in [-0.2, 0) is 22.4 Å². The van der Waals surface area contributed by atoms with Crippen LogP contribution in [0.1, 0.15) is 18.1 Å². The summed E-state index contributed by atoms with van der Waals surface area (Å²) in [6, 6.07) is 8.49.